The van der Waals surface area contributed by atoms with Crippen molar-refractivity contribution >= 4 is 23.2 Å². The minimum absolute atomic E-state index is 0.0543. The minimum atomic E-state index is -0.307. The van der Waals surface area contributed by atoms with Crippen molar-refractivity contribution in [2.45, 2.75) is 13.5 Å². The summed E-state index contributed by atoms with van der Waals surface area (Å²) in [6, 6.07) is 21.5. The first-order valence-corrected chi connectivity index (χ1v) is 10.3. The van der Waals surface area contributed by atoms with Crippen LogP contribution in [0.2, 0.25) is 0 Å². The van der Waals surface area contributed by atoms with Crippen LogP contribution in [0.3, 0.4) is 0 Å². The summed E-state index contributed by atoms with van der Waals surface area (Å²) in [5, 5.41) is 2.74. The molecule has 0 aliphatic rings. The van der Waals surface area contributed by atoms with Crippen LogP contribution in [0.15, 0.2) is 66.7 Å². The van der Waals surface area contributed by atoms with Crippen molar-refractivity contribution in [2.24, 2.45) is 0 Å². The third-order valence-electron chi connectivity index (χ3n) is 4.53. The first-order chi connectivity index (χ1) is 14.1. The van der Waals surface area contributed by atoms with E-state index >= 15 is 0 Å². The molecule has 1 aromatic heterocycles. The molecule has 0 aliphatic carbocycles. The molecule has 0 unspecified atom stereocenters. The number of nitrogens with one attached hydrogen (secondary N) is 1. The van der Waals surface area contributed by atoms with Crippen molar-refractivity contribution in [3.8, 4) is 16.2 Å². The molecule has 0 aliphatic heterocycles. The van der Waals surface area contributed by atoms with E-state index in [1.165, 1.54) is 18.4 Å². The van der Waals surface area contributed by atoms with E-state index in [0.717, 1.165) is 16.0 Å². The van der Waals surface area contributed by atoms with Crippen LogP contribution in [0.5, 0.6) is 5.75 Å². The molecule has 0 saturated carbocycles. The first-order valence-electron chi connectivity index (χ1n) is 9.45. The average Bonchev–Trinajstić information content (AvgIpc) is 3.21. The van der Waals surface area contributed by atoms with Crippen molar-refractivity contribution in [2.75, 3.05) is 20.2 Å². The van der Waals surface area contributed by atoms with Gasteiger partial charge in [0.1, 0.15) is 10.6 Å². The highest BCUT2D eigenvalue weighted by molar-refractivity contribution is 7.17. The van der Waals surface area contributed by atoms with Crippen LogP contribution in [0.1, 0.15) is 22.2 Å². The van der Waals surface area contributed by atoms with Crippen molar-refractivity contribution in [1.29, 1.82) is 0 Å². The van der Waals surface area contributed by atoms with Gasteiger partial charge in [-0.15, -0.1) is 11.3 Å². The van der Waals surface area contributed by atoms with Crippen LogP contribution in [0.25, 0.3) is 10.4 Å². The lowest BCUT2D eigenvalue weighted by Crippen LogP contribution is -2.39. The van der Waals surface area contributed by atoms with E-state index in [0.29, 0.717) is 23.7 Å². The molecule has 0 spiro atoms. The van der Waals surface area contributed by atoms with Crippen LogP contribution in [0, 0.1) is 0 Å². The smallest absolute Gasteiger partial charge is 0.265 e. The summed E-state index contributed by atoms with van der Waals surface area (Å²) in [7, 11) is 1.54. The SMILES string of the molecule is CCN(Cc1ccccc1)C(=O)CNC(=O)c1sc(-c2ccccc2)cc1OC. The number of methoxy groups -OCH3 is 1. The largest absolute Gasteiger partial charge is 0.495 e. The zero-order chi connectivity index (χ0) is 20.6. The van der Waals surface area contributed by atoms with Gasteiger partial charge in [0.2, 0.25) is 5.91 Å². The Morgan fingerprint density at radius 3 is 2.31 bits per heavy atom. The van der Waals surface area contributed by atoms with Gasteiger partial charge in [0.15, 0.2) is 0 Å². The second-order valence-electron chi connectivity index (χ2n) is 6.45. The Balaban J connectivity index is 1.65. The standard InChI is InChI=1S/C23H24N2O3S/c1-3-25(16-17-10-6-4-7-11-17)21(26)15-24-23(27)22-19(28-2)14-20(29-22)18-12-8-5-9-13-18/h4-14H,3,15-16H2,1-2H3,(H,24,27). The van der Waals surface area contributed by atoms with Gasteiger partial charge in [-0.1, -0.05) is 60.7 Å². The maximum atomic E-state index is 12.7. The van der Waals surface area contributed by atoms with E-state index in [4.69, 9.17) is 4.74 Å². The molecule has 0 radical (unpaired) electrons. The van der Waals surface area contributed by atoms with Crippen molar-refractivity contribution in [3.63, 3.8) is 0 Å². The van der Waals surface area contributed by atoms with E-state index in [-0.39, 0.29) is 18.4 Å². The van der Waals surface area contributed by atoms with Crippen molar-refractivity contribution < 1.29 is 14.3 Å². The molecule has 2 aromatic carbocycles. The number of carbonyl (C=O) groups excluding carboxylic acids is 2. The molecule has 2 amide bonds. The maximum absolute atomic E-state index is 12.7. The summed E-state index contributed by atoms with van der Waals surface area (Å²) in [5.41, 5.74) is 2.08. The van der Waals surface area contributed by atoms with Gasteiger partial charge in [-0.05, 0) is 24.1 Å². The molecule has 1 heterocycles. The monoisotopic (exact) mass is 408 g/mol. The van der Waals surface area contributed by atoms with Gasteiger partial charge in [-0.25, -0.2) is 0 Å². The van der Waals surface area contributed by atoms with E-state index < -0.39 is 0 Å². The van der Waals surface area contributed by atoms with Crippen molar-refractivity contribution in [3.05, 3.63) is 77.2 Å². The van der Waals surface area contributed by atoms with Gasteiger partial charge < -0.3 is 15.0 Å². The molecule has 6 heteroatoms. The number of ether oxygens (including phenoxy) is 1. The van der Waals surface area contributed by atoms with Crippen LogP contribution in [-0.4, -0.2) is 36.9 Å². The summed E-state index contributed by atoms with van der Waals surface area (Å²) in [5.74, 6) is 0.0806. The number of benzene rings is 2. The topological polar surface area (TPSA) is 58.6 Å². The molecule has 0 atom stereocenters. The van der Waals surface area contributed by atoms with Gasteiger partial charge in [0, 0.05) is 18.0 Å². The molecule has 3 aromatic rings. The lowest BCUT2D eigenvalue weighted by molar-refractivity contribution is -0.130. The van der Waals surface area contributed by atoms with Crippen LogP contribution in [-0.2, 0) is 11.3 Å². The summed E-state index contributed by atoms with van der Waals surface area (Å²) < 4.78 is 5.38. The predicted molar refractivity (Wildman–Crippen MR) is 116 cm³/mol. The third-order valence-corrected chi connectivity index (χ3v) is 5.70. The number of hydrogen-bond acceptors (Lipinski definition) is 4. The van der Waals surface area contributed by atoms with Crippen LogP contribution in [0.4, 0.5) is 0 Å². The molecule has 0 bridgehead atoms. The number of thiophene rings is 1. The highest BCUT2D eigenvalue weighted by Crippen LogP contribution is 2.36. The van der Waals surface area contributed by atoms with E-state index in [1.807, 2.05) is 73.7 Å². The Morgan fingerprint density at radius 1 is 1.03 bits per heavy atom. The highest BCUT2D eigenvalue weighted by Gasteiger charge is 2.20. The quantitative estimate of drug-likeness (QED) is 0.608. The molecule has 5 nitrogen and oxygen atoms in total. The normalized spacial score (nSPS) is 10.4. The number of rotatable bonds is 8. The predicted octanol–water partition coefficient (Wildman–Crippen LogP) is 4.20. The second-order valence-corrected chi connectivity index (χ2v) is 7.50. The lowest BCUT2D eigenvalue weighted by Gasteiger charge is -2.21. The van der Waals surface area contributed by atoms with Crippen LogP contribution < -0.4 is 10.1 Å². The van der Waals surface area contributed by atoms with Gasteiger partial charge in [-0.2, -0.15) is 0 Å². The molecule has 29 heavy (non-hydrogen) atoms. The Bertz CT molecular complexity index is 955. The molecule has 3 rings (SSSR count). The number of amides is 2. The molecule has 1 N–H and O–H groups in total. The third kappa shape index (κ3) is 5.23. The summed E-state index contributed by atoms with van der Waals surface area (Å²) in [6.45, 7) is 2.97. The number of carbonyl (C=O) groups is 2. The Labute approximate surface area is 174 Å². The molecule has 150 valence electrons. The average molecular weight is 409 g/mol. The minimum Gasteiger partial charge on any atom is -0.495 e. The number of likely N-dealkylation sites (N-methyl/N-ethyl adjacent to an activating group) is 1. The fourth-order valence-corrected chi connectivity index (χ4v) is 4.00. The molecule has 0 saturated heterocycles. The lowest BCUT2D eigenvalue weighted by atomic mass is 10.2. The number of hydrogen-bond donors (Lipinski definition) is 1. The van der Waals surface area contributed by atoms with Gasteiger partial charge in [-0.3, -0.25) is 9.59 Å². The summed E-state index contributed by atoms with van der Waals surface area (Å²) in [6.07, 6.45) is 0. The van der Waals surface area contributed by atoms with Crippen LogP contribution >= 0.6 is 11.3 Å². The molecular formula is C23H24N2O3S. The zero-order valence-corrected chi connectivity index (χ0v) is 17.4. The Hall–Kier alpha value is -3.12. The molecular weight excluding hydrogens is 384 g/mol. The summed E-state index contributed by atoms with van der Waals surface area (Å²) >= 11 is 1.35. The Kier molecular flexibility index (Phi) is 7.03. The van der Waals surface area contributed by atoms with E-state index in [1.54, 1.807) is 4.90 Å². The second kappa shape index (κ2) is 9.89. The zero-order valence-electron chi connectivity index (χ0n) is 16.6. The van der Waals surface area contributed by atoms with E-state index in [9.17, 15) is 9.59 Å². The number of nitrogens with zero attached hydrogens (tertiary/aromatic N) is 1. The fourth-order valence-electron chi connectivity index (χ4n) is 2.96. The van der Waals surface area contributed by atoms with Gasteiger partial charge in [0.25, 0.3) is 5.91 Å². The maximum Gasteiger partial charge on any atom is 0.265 e. The van der Waals surface area contributed by atoms with Gasteiger partial charge >= 0.3 is 0 Å². The first kappa shape index (κ1) is 20.6. The molecule has 0 fully saturated rings. The fraction of sp³-hybridized carbons (Fsp3) is 0.217. The highest BCUT2D eigenvalue weighted by atomic mass is 32.1. The summed E-state index contributed by atoms with van der Waals surface area (Å²) in [4.78, 5) is 28.4. The van der Waals surface area contributed by atoms with E-state index in [2.05, 4.69) is 5.32 Å². The van der Waals surface area contributed by atoms with Gasteiger partial charge in [0.05, 0.1) is 13.7 Å². The van der Waals surface area contributed by atoms with Crippen molar-refractivity contribution in [1.82, 2.24) is 10.2 Å². The Morgan fingerprint density at radius 2 is 1.69 bits per heavy atom.